The van der Waals surface area contributed by atoms with Gasteiger partial charge in [-0.15, -0.1) is 10.2 Å². The number of fused-ring (bicyclic) bond motifs is 3. The molecule has 1 N–H and O–H groups in total. The Labute approximate surface area is 170 Å². The maximum absolute atomic E-state index is 12.7. The van der Waals surface area contributed by atoms with Crippen LogP contribution in [0.1, 0.15) is 25.9 Å². The first kappa shape index (κ1) is 18.7. The van der Waals surface area contributed by atoms with E-state index in [0.29, 0.717) is 24.1 Å². The quantitative estimate of drug-likeness (QED) is 0.754. The first-order valence-electron chi connectivity index (χ1n) is 9.11. The Bertz CT molecular complexity index is 945. The number of likely N-dealkylation sites (N-methyl/N-ethyl adjacent to an activating group) is 1. The molecule has 2 aromatic rings. The van der Waals surface area contributed by atoms with Gasteiger partial charge in [-0.05, 0) is 24.6 Å². The van der Waals surface area contributed by atoms with E-state index in [9.17, 15) is 9.59 Å². The molecule has 2 aliphatic rings. The zero-order valence-corrected chi connectivity index (χ0v) is 17.4. The number of methoxy groups -OCH3 is 1. The van der Waals surface area contributed by atoms with Crippen LogP contribution in [0, 0.1) is 0 Å². The van der Waals surface area contributed by atoms with Crippen molar-refractivity contribution in [1.29, 1.82) is 0 Å². The fourth-order valence-corrected chi connectivity index (χ4v) is 4.17. The minimum Gasteiger partial charge on any atom is -0.496 e. The number of hydrogen-bond acceptors (Lipinski definition) is 6. The van der Waals surface area contributed by atoms with E-state index in [0.717, 1.165) is 22.9 Å². The number of nitrogens with one attached hydrogen (secondary N) is 1. The van der Waals surface area contributed by atoms with E-state index in [2.05, 4.69) is 38.4 Å². The van der Waals surface area contributed by atoms with E-state index in [4.69, 9.17) is 4.74 Å². The molecule has 2 aliphatic heterocycles. The summed E-state index contributed by atoms with van der Waals surface area (Å²) in [5, 5.41) is 11.2. The first-order valence-corrected chi connectivity index (χ1v) is 9.90. The summed E-state index contributed by atoms with van der Waals surface area (Å²) in [5.74, 6) is 1.45. The SMILES string of the molecule is CCCCN1c2nnc(-c3cc(Br)ccc3OC)n2C2C1C(=O)NC(=O)N2C. The summed E-state index contributed by atoms with van der Waals surface area (Å²) in [6.07, 6.45) is 1.35. The molecule has 3 heterocycles. The van der Waals surface area contributed by atoms with E-state index in [1.165, 1.54) is 4.90 Å². The van der Waals surface area contributed by atoms with Crippen LogP contribution in [0.4, 0.5) is 10.7 Å². The van der Waals surface area contributed by atoms with Crippen LogP contribution in [0.2, 0.25) is 0 Å². The van der Waals surface area contributed by atoms with E-state index in [-0.39, 0.29) is 5.91 Å². The second kappa shape index (κ2) is 7.08. The molecular weight excluding hydrogens is 428 g/mol. The number of hydrogen-bond donors (Lipinski definition) is 1. The molecule has 0 spiro atoms. The van der Waals surface area contributed by atoms with Gasteiger partial charge < -0.3 is 14.5 Å². The van der Waals surface area contributed by atoms with Crippen molar-refractivity contribution in [3.8, 4) is 17.1 Å². The molecule has 1 saturated heterocycles. The van der Waals surface area contributed by atoms with Crippen molar-refractivity contribution < 1.29 is 14.3 Å². The van der Waals surface area contributed by atoms with E-state index < -0.39 is 18.2 Å². The van der Waals surface area contributed by atoms with Gasteiger partial charge >= 0.3 is 6.03 Å². The number of carbonyl (C=O) groups excluding carboxylic acids is 2. The van der Waals surface area contributed by atoms with Crippen molar-refractivity contribution in [2.45, 2.75) is 32.0 Å². The van der Waals surface area contributed by atoms with Crippen LogP contribution in [-0.4, -0.2) is 58.3 Å². The van der Waals surface area contributed by atoms with Gasteiger partial charge in [-0.25, -0.2) is 4.79 Å². The van der Waals surface area contributed by atoms with Crippen LogP contribution < -0.4 is 15.0 Å². The lowest BCUT2D eigenvalue weighted by Crippen LogP contribution is -2.61. The third-order valence-corrected chi connectivity index (χ3v) is 5.68. The van der Waals surface area contributed by atoms with Gasteiger partial charge in [-0.2, -0.15) is 0 Å². The van der Waals surface area contributed by atoms with Crippen LogP contribution in [0.25, 0.3) is 11.4 Å². The molecule has 9 nitrogen and oxygen atoms in total. The number of carbonyl (C=O) groups is 2. The van der Waals surface area contributed by atoms with E-state index in [1.807, 2.05) is 27.7 Å². The summed E-state index contributed by atoms with van der Waals surface area (Å²) in [6.45, 7) is 2.74. The first-order chi connectivity index (χ1) is 13.5. The second-order valence-electron chi connectivity index (χ2n) is 6.85. The highest BCUT2D eigenvalue weighted by Crippen LogP contribution is 2.43. The molecule has 10 heteroatoms. The van der Waals surface area contributed by atoms with Crippen molar-refractivity contribution in [1.82, 2.24) is 25.0 Å². The van der Waals surface area contributed by atoms with Crippen molar-refractivity contribution in [2.24, 2.45) is 0 Å². The standard InChI is InChI=1S/C18H21BrN6O3/c1-4-5-8-24-13-15(26)20-18(27)23(2)16(13)25-14(21-22-17(24)25)11-9-10(19)6-7-12(11)28-3/h6-7,9,13,16H,4-5,8H2,1-3H3,(H,20,26,27). The number of aromatic nitrogens is 3. The molecule has 4 rings (SSSR count). The van der Waals surface area contributed by atoms with Crippen LogP contribution in [-0.2, 0) is 4.79 Å². The number of benzene rings is 1. The zero-order chi connectivity index (χ0) is 20.0. The minimum absolute atomic E-state index is 0.318. The van der Waals surface area contributed by atoms with Gasteiger partial charge in [-0.1, -0.05) is 29.3 Å². The lowest BCUT2D eigenvalue weighted by Gasteiger charge is -2.37. The van der Waals surface area contributed by atoms with E-state index in [1.54, 1.807) is 14.2 Å². The van der Waals surface area contributed by atoms with Crippen LogP contribution in [0.15, 0.2) is 22.7 Å². The maximum Gasteiger partial charge on any atom is 0.325 e. The summed E-state index contributed by atoms with van der Waals surface area (Å²) in [5.41, 5.74) is 0.735. The Morgan fingerprint density at radius 2 is 2.07 bits per heavy atom. The Morgan fingerprint density at radius 1 is 1.29 bits per heavy atom. The van der Waals surface area contributed by atoms with Gasteiger partial charge in [0.15, 0.2) is 11.9 Å². The highest BCUT2D eigenvalue weighted by molar-refractivity contribution is 9.10. The average Bonchev–Trinajstić information content (AvgIpc) is 3.23. The summed E-state index contributed by atoms with van der Waals surface area (Å²) in [6, 6.07) is 4.63. The summed E-state index contributed by atoms with van der Waals surface area (Å²) in [4.78, 5) is 28.5. The molecule has 28 heavy (non-hydrogen) atoms. The third kappa shape index (κ3) is 2.74. The highest BCUT2D eigenvalue weighted by atomic mass is 79.9. The van der Waals surface area contributed by atoms with Crippen molar-refractivity contribution in [3.63, 3.8) is 0 Å². The number of imide groups is 1. The molecule has 2 unspecified atom stereocenters. The largest absolute Gasteiger partial charge is 0.496 e. The number of nitrogens with zero attached hydrogens (tertiary/aromatic N) is 5. The Kier molecular flexibility index (Phi) is 4.74. The number of ether oxygens (including phenoxy) is 1. The minimum atomic E-state index is -0.545. The van der Waals surface area contributed by atoms with Crippen molar-refractivity contribution >= 4 is 33.8 Å². The summed E-state index contributed by atoms with van der Waals surface area (Å²) in [7, 11) is 3.27. The number of halogens is 1. The normalized spacial score (nSPS) is 20.9. The number of rotatable bonds is 5. The van der Waals surface area contributed by atoms with Gasteiger partial charge in [0.25, 0.3) is 5.91 Å². The van der Waals surface area contributed by atoms with Crippen molar-refractivity contribution in [3.05, 3.63) is 22.7 Å². The topological polar surface area (TPSA) is 92.6 Å². The number of amides is 3. The van der Waals surface area contributed by atoms with Crippen molar-refractivity contribution in [2.75, 3.05) is 25.6 Å². The molecule has 0 radical (unpaired) electrons. The molecule has 0 saturated carbocycles. The molecule has 2 atom stereocenters. The lowest BCUT2D eigenvalue weighted by molar-refractivity contribution is -0.124. The van der Waals surface area contributed by atoms with Crippen LogP contribution >= 0.6 is 15.9 Å². The monoisotopic (exact) mass is 448 g/mol. The summed E-state index contributed by atoms with van der Waals surface area (Å²) >= 11 is 3.49. The summed E-state index contributed by atoms with van der Waals surface area (Å²) < 4.78 is 8.23. The van der Waals surface area contributed by atoms with Gasteiger partial charge in [-0.3, -0.25) is 14.7 Å². The predicted octanol–water partition coefficient (Wildman–Crippen LogP) is 2.39. The number of unbranched alkanes of at least 4 members (excludes halogenated alkanes) is 1. The van der Waals surface area contributed by atoms with Gasteiger partial charge in [0.2, 0.25) is 5.95 Å². The second-order valence-corrected chi connectivity index (χ2v) is 7.76. The third-order valence-electron chi connectivity index (χ3n) is 5.19. The molecule has 1 aromatic heterocycles. The zero-order valence-electron chi connectivity index (χ0n) is 15.8. The Hall–Kier alpha value is -2.62. The van der Waals surface area contributed by atoms with Crippen LogP contribution in [0.5, 0.6) is 5.75 Å². The van der Waals surface area contributed by atoms with Gasteiger partial charge in [0.1, 0.15) is 11.9 Å². The molecule has 1 fully saturated rings. The maximum atomic E-state index is 12.7. The molecular formula is C18H21BrN6O3. The highest BCUT2D eigenvalue weighted by Gasteiger charge is 2.52. The molecule has 1 aromatic carbocycles. The molecule has 0 aliphatic carbocycles. The van der Waals surface area contributed by atoms with Gasteiger partial charge in [0.05, 0.1) is 12.7 Å². The number of anilines is 1. The molecule has 148 valence electrons. The predicted molar refractivity (Wildman–Crippen MR) is 106 cm³/mol. The smallest absolute Gasteiger partial charge is 0.325 e. The fraction of sp³-hybridized carbons (Fsp3) is 0.444. The van der Waals surface area contributed by atoms with Crippen LogP contribution in [0.3, 0.4) is 0 Å². The molecule has 0 bridgehead atoms. The average molecular weight is 449 g/mol. The fourth-order valence-electron chi connectivity index (χ4n) is 3.80. The Morgan fingerprint density at radius 3 is 2.79 bits per heavy atom. The van der Waals surface area contributed by atoms with E-state index >= 15 is 0 Å². The lowest BCUT2D eigenvalue weighted by atomic mass is 10.1. The molecule has 3 amide bonds. The van der Waals surface area contributed by atoms with Gasteiger partial charge in [0, 0.05) is 18.1 Å². The number of urea groups is 1. The Balaban J connectivity index is 1.89.